The van der Waals surface area contributed by atoms with Crippen molar-refractivity contribution >= 4 is 11.9 Å². The molecule has 0 aromatic heterocycles. The summed E-state index contributed by atoms with van der Waals surface area (Å²) in [6.45, 7) is 5.66. The first-order chi connectivity index (χ1) is 38.2. The average molecular weight is 1100 g/mol. The van der Waals surface area contributed by atoms with Gasteiger partial charge in [0.05, 0.1) is 25.4 Å². The van der Waals surface area contributed by atoms with Gasteiger partial charge in [-0.3, -0.25) is 9.59 Å². The molecule has 6 N–H and O–H groups in total. The zero-order valence-corrected chi connectivity index (χ0v) is 50.3. The fourth-order valence-electron chi connectivity index (χ4n) is 10.1. The summed E-state index contributed by atoms with van der Waals surface area (Å²) in [6.07, 6.45) is 58.4. The zero-order valence-electron chi connectivity index (χ0n) is 50.3. The molecule has 1 amide bonds. The van der Waals surface area contributed by atoms with E-state index in [1.807, 2.05) is 12.2 Å². The number of unbranched alkanes of at least 4 members (excludes halogenated alkanes) is 35. The summed E-state index contributed by atoms with van der Waals surface area (Å²) in [5.74, 6) is -1.20. The molecule has 8 unspecified atom stereocenters. The number of nitrogens with one attached hydrogen (secondary N) is 1. The lowest BCUT2D eigenvalue weighted by atomic mass is 9.99. The maximum Gasteiger partial charge on any atom is 0.306 e. The van der Waals surface area contributed by atoms with E-state index in [-0.39, 0.29) is 19.4 Å². The van der Waals surface area contributed by atoms with Crippen LogP contribution in [0.25, 0.3) is 0 Å². The lowest BCUT2D eigenvalue weighted by Crippen LogP contribution is -2.61. The summed E-state index contributed by atoms with van der Waals surface area (Å²) in [5.41, 5.74) is 0. The minimum Gasteiger partial charge on any atom is -0.454 e. The molecule has 1 aliphatic rings. The highest BCUT2D eigenvalue weighted by atomic mass is 16.7. The molecule has 8 atom stereocenters. The fraction of sp³-hybridized carbons (Fsp3) is 0.821. The second-order valence-corrected chi connectivity index (χ2v) is 22.5. The van der Waals surface area contributed by atoms with Crippen molar-refractivity contribution < 1.29 is 49.3 Å². The van der Waals surface area contributed by atoms with Crippen molar-refractivity contribution in [3.05, 3.63) is 60.8 Å². The van der Waals surface area contributed by atoms with E-state index in [0.717, 1.165) is 83.5 Å². The summed E-state index contributed by atoms with van der Waals surface area (Å²) in [5, 5.41) is 57.0. The van der Waals surface area contributed by atoms with Crippen molar-refractivity contribution in [1.29, 1.82) is 0 Å². The van der Waals surface area contributed by atoms with Gasteiger partial charge in [0, 0.05) is 6.42 Å². The Labute approximate surface area is 478 Å². The highest BCUT2D eigenvalue weighted by molar-refractivity contribution is 5.80. The number of carbonyl (C=O) groups excluding carboxylic acids is 2. The van der Waals surface area contributed by atoms with E-state index in [4.69, 9.17) is 14.2 Å². The second-order valence-electron chi connectivity index (χ2n) is 22.5. The first-order valence-corrected chi connectivity index (χ1v) is 32.6. The van der Waals surface area contributed by atoms with Crippen LogP contribution in [0, 0.1) is 0 Å². The smallest absolute Gasteiger partial charge is 0.306 e. The molecule has 0 aromatic carbocycles. The van der Waals surface area contributed by atoms with Gasteiger partial charge in [-0.2, -0.15) is 0 Å². The topological polar surface area (TPSA) is 175 Å². The lowest BCUT2D eigenvalue weighted by molar-refractivity contribution is -0.305. The third kappa shape index (κ3) is 42.2. The summed E-state index contributed by atoms with van der Waals surface area (Å²) >= 11 is 0. The quantitative estimate of drug-likeness (QED) is 0.0149. The van der Waals surface area contributed by atoms with Crippen LogP contribution in [-0.2, 0) is 23.8 Å². The Morgan fingerprint density at radius 1 is 0.513 bits per heavy atom. The molecule has 0 aromatic rings. The van der Waals surface area contributed by atoms with E-state index in [9.17, 15) is 35.1 Å². The highest BCUT2D eigenvalue weighted by Crippen LogP contribution is 2.26. The van der Waals surface area contributed by atoms with E-state index < -0.39 is 67.4 Å². The Morgan fingerprint density at radius 3 is 1.41 bits per heavy atom. The summed E-state index contributed by atoms with van der Waals surface area (Å²) in [4.78, 5) is 26.6. The molecule has 0 spiro atoms. The van der Waals surface area contributed by atoms with Gasteiger partial charge in [-0.1, -0.05) is 274 Å². The van der Waals surface area contributed by atoms with Gasteiger partial charge in [-0.05, 0) is 70.6 Å². The van der Waals surface area contributed by atoms with Gasteiger partial charge in [-0.15, -0.1) is 0 Å². The lowest BCUT2D eigenvalue weighted by Gasteiger charge is -2.41. The maximum absolute atomic E-state index is 13.4. The van der Waals surface area contributed by atoms with Crippen molar-refractivity contribution in [2.75, 3.05) is 13.2 Å². The SMILES string of the molecule is CC/C=C/C=C/C=C/CCCCCCCCC(O)C(=O)NC(COC1OC(CO)C(O)C(O)C1OC(=O)CCCCCCCCCCCCCCC/C=C/CCCCCCCC)C(O)/C=C/CCCCCCCCCCCC. The molecule has 1 aliphatic heterocycles. The minimum atomic E-state index is -1.62. The number of allylic oxidation sites excluding steroid dienone is 9. The average Bonchev–Trinajstić information content (AvgIpc) is 3.45. The van der Waals surface area contributed by atoms with Crippen LogP contribution in [0.4, 0.5) is 0 Å². The summed E-state index contributed by atoms with van der Waals surface area (Å²) in [7, 11) is 0. The molecule has 1 saturated heterocycles. The van der Waals surface area contributed by atoms with Crippen molar-refractivity contribution in [1.82, 2.24) is 5.32 Å². The van der Waals surface area contributed by atoms with E-state index in [1.165, 1.54) is 161 Å². The van der Waals surface area contributed by atoms with E-state index in [0.29, 0.717) is 12.8 Å². The predicted molar refractivity (Wildman–Crippen MR) is 324 cm³/mol. The van der Waals surface area contributed by atoms with Crippen LogP contribution in [0.2, 0.25) is 0 Å². The van der Waals surface area contributed by atoms with Gasteiger partial charge >= 0.3 is 5.97 Å². The van der Waals surface area contributed by atoms with Crippen molar-refractivity contribution in [3.8, 4) is 0 Å². The molecule has 1 rings (SSSR count). The van der Waals surface area contributed by atoms with Crippen LogP contribution in [0.1, 0.15) is 290 Å². The van der Waals surface area contributed by atoms with Crippen LogP contribution in [0.5, 0.6) is 0 Å². The number of ether oxygens (including phenoxy) is 3. The van der Waals surface area contributed by atoms with Crippen LogP contribution < -0.4 is 5.32 Å². The molecule has 0 aliphatic carbocycles. The normalized spacial score (nSPS) is 19.3. The van der Waals surface area contributed by atoms with E-state index in [1.54, 1.807) is 6.08 Å². The molecule has 78 heavy (non-hydrogen) atoms. The van der Waals surface area contributed by atoms with Crippen molar-refractivity contribution in [3.63, 3.8) is 0 Å². The summed E-state index contributed by atoms with van der Waals surface area (Å²) < 4.78 is 17.6. The molecule has 1 fully saturated rings. The van der Waals surface area contributed by atoms with Crippen LogP contribution in [0.15, 0.2) is 60.8 Å². The predicted octanol–water partition coefficient (Wildman–Crippen LogP) is 15.8. The Kier molecular flexibility index (Phi) is 51.7. The number of rotatable bonds is 55. The van der Waals surface area contributed by atoms with Gasteiger partial charge in [0.1, 0.15) is 24.4 Å². The minimum absolute atomic E-state index is 0.122. The standard InChI is InChI=1S/C67H121NO10/c1-4-7-10-13-16-19-22-25-27-28-29-30-31-32-33-34-35-37-40-43-46-49-52-55-62(72)78-65-64(74)63(73)61(56-69)77-67(65)76-57-58(59(70)53-50-47-44-41-38-24-21-18-15-12-9-6-3)68-66(75)60(71)54-51-48-45-42-39-36-26-23-20-17-14-11-8-5-2/h8,11,14,17,20,23,25,27,50,53,58-61,63-65,67,69-71,73-74H,4-7,9-10,12-13,15-16,18-19,21-22,24,26,28-49,51-52,54-57H2,1-3H3,(H,68,75)/b11-8+,17-14+,23-20+,27-25+,53-50+. The molecular weight excluding hydrogens is 979 g/mol. The largest absolute Gasteiger partial charge is 0.454 e. The molecule has 11 nitrogen and oxygen atoms in total. The summed E-state index contributed by atoms with van der Waals surface area (Å²) in [6, 6.07) is -1.03. The molecule has 0 bridgehead atoms. The van der Waals surface area contributed by atoms with E-state index in [2.05, 4.69) is 68.6 Å². The highest BCUT2D eigenvalue weighted by Gasteiger charge is 2.47. The van der Waals surface area contributed by atoms with Crippen molar-refractivity contribution in [2.24, 2.45) is 0 Å². The van der Waals surface area contributed by atoms with Crippen LogP contribution in [-0.4, -0.2) is 99.6 Å². The number of amides is 1. The maximum atomic E-state index is 13.4. The van der Waals surface area contributed by atoms with Crippen LogP contribution in [0.3, 0.4) is 0 Å². The number of aliphatic hydroxyl groups is 5. The van der Waals surface area contributed by atoms with Gasteiger partial charge in [0.25, 0.3) is 0 Å². The van der Waals surface area contributed by atoms with Gasteiger partial charge in [-0.25, -0.2) is 0 Å². The molecular formula is C67H121NO10. The van der Waals surface area contributed by atoms with Gasteiger partial charge in [0.2, 0.25) is 5.91 Å². The third-order valence-electron chi connectivity index (χ3n) is 15.2. The second kappa shape index (κ2) is 54.9. The number of carbonyl (C=O) groups is 2. The van der Waals surface area contributed by atoms with Crippen LogP contribution >= 0.6 is 0 Å². The van der Waals surface area contributed by atoms with Gasteiger partial charge in [0.15, 0.2) is 12.4 Å². The monoisotopic (exact) mass is 1100 g/mol. The Balaban J connectivity index is 2.60. The third-order valence-corrected chi connectivity index (χ3v) is 15.2. The first-order valence-electron chi connectivity index (χ1n) is 32.6. The van der Waals surface area contributed by atoms with E-state index >= 15 is 0 Å². The molecule has 454 valence electrons. The number of hydrogen-bond donors (Lipinski definition) is 6. The molecule has 0 radical (unpaired) electrons. The van der Waals surface area contributed by atoms with Gasteiger partial charge < -0.3 is 45.1 Å². The Bertz CT molecular complexity index is 1500. The number of hydrogen-bond acceptors (Lipinski definition) is 10. The fourth-order valence-corrected chi connectivity index (χ4v) is 10.1. The number of esters is 1. The zero-order chi connectivity index (χ0) is 56.8. The first kappa shape index (κ1) is 73.4. The Hall–Kier alpha value is -2.64. The van der Waals surface area contributed by atoms with Crippen molar-refractivity contribution in [2.45, 2.75) is 339 Å². The Morgan fingerprint density at radius 2 is 0.936 bits per heavy atom. The number of aliphatic hydroxyl groups excluding tert-OH is 5. The molecule has 1 heterocycles. The molecule has 0 saturated carbocycles. The molecule has 11 heteroatoms.